The van der Waals surface area contributed by atoms with Crippen LogP contribution >= 0.6 is 0 Å². The Morgan fingerprint density at radius 1 is 1.02 bits per heavy atom. The van der Waals surface area contributed by atoms with Crippen LogP contribution in [0.1, 0.15) is 67.4 Å². The summed E-state index contributed by atoms with van der Waals surface area (Å²) in [6, 6.07) is 6.45. The molecule has 2 N–H and O–H groups in total. The van der Waals surface area contributed by atoms with Gasteiger partial charge < -0.3 is 15.1 Å². The Morgan fingerprint density at radius 2 is 1.68 bits per heavy atom. The number of benzene rings is 1. The molecule has 4 fully saturated rings. The first-order chi connectivity index (χ1) is 19.4. The second-order valence-corrected chi connectivity index (χ2v) is 13.5. The van der Waals surface area contributed by atoms with E-state index in [2.05, 4.69) is 20.2 Å². The van der Waals surface area contributed by atoms with Crippen LogP contribution in [0, 0.1) is 18.3 Å². The van der Waals surface area contributed by atoms with Gasteiger partial charge in [0, 0.05) is 57.3 Å². The quantitative estimate of drug-likeness (QED) is 0.426. The Balaban J connectivity index is 1.28. The maximum absolute atomic E-state index is 13.7. The van der Waals surface area contributed by atoms with Gasteiger partial charge in [-0.15, -0.1) is 0 Å². The summed E-state index contributed by atoms with van der Waals surface area (Å²) < 4.78 is 63.0. The fourth-order valence-electron chi connectivity index (χ4n) is 5.87. The Bertz CT molecular complexity index is 1430. The normalized spacial score (nSPS) is 21.6. The minimum atomic E-state index is -4.49. The zero-order valence-electron chi connectivity index (χ0n) is 23.2. The minimum Gasteiger partial charge on any atom is -0.371 e. The Labute approximate surface area is 239 Å². The van der Waals surface area contributed by atoms with Crippen molar-refractivity contribution in [1.82, 2.24) is 9.97 Å². The van der Waals surface area contributed by atoms with Crippen LogP contribution in [0.25, 0.3) is 0 Å². The number of amides is 1. The van der Waals surface area contributed by atoms with Gasteiger partial charge in [-0.1, -0.05) is 0 Å². The molecule has 2 aromatic rings. The summed E-state index contributed by atoms with van der Waals surface area (Å²) in [6.45, 7) is 3.68. The van der Waals surface area contributed by atoms with Crippen LogP contribution in [0.2, 0.25) is 0 Å². The average molecular weight is 591 g/mol. The van der Waals surface area contributed by atoms with E-state index in [1.807, 2.05) is 0 Å². The van der Waals surface area contributed by atoms with E-state index in [0.717, 1.165) is 43.1 Å². The molecule has 4 aliphatic rings. The Hall–Kier alpha value is -3.06. The number of nitrogens with zero attached hydrogens (tertiary/aromatic N) is 5. The summed E-state index contributed by atoms with van der Waals surface area (Å²) in [5.74, 6) is -2.37. The van der Waals surface area contributed by atoms with Gasteiger partial charge in [0.15, 0.2) is 0 Å². The second kappa shape index (κ2) is 10.3. The maximum Gasteiger partial charge on any atom is 0.359 e. The van der Waals surface area contributed by atoms with Crippen LogP contribution in [0.5, 0.6) is 0 Å². The van der Waals surface area contributed by atoms with Crippen molar-refractivity contribution in [2.75, 3.05) is 52.1 Å². The van der Waals surface area contributed by atoms with Crippen LogP contribution in [0.15, 0.2) is 24.3 Å². The number of hydrogen-bond donors (Lipinski definition) is 2. The molecule has 3 heterocycles. The van der Waals surface area contributed by atoms with E-state index in [-0.39, 0.29) is 44.2 Å². The highest BCUT2D eigenvalue weighted by molar-refractivity contribution is 7.87. The van der Waals surface area contributed by atoms with E-state index in [0.29, 0.717) is 34.0 Å². The molecule has 222 valence electrons. The molecular formula is C28H36F2N6O4S. The summed E-state index contributed by atoms with van der Waals surface area (Å²) in [4.78, 5) is 26.4. The van der Waals surface area contributed by atoms with Crippen molar-refractivity contribution in [3.8, 4) is 0 Å². The van der Waals surface area contributed by atoms with E-state index in [1.165, 1.54) is 12.8 Å². The number of piperidine rings is 2. The number of hydrogen-bond acceptors (Lipinski definition) is 7. The van der Waals surface area contributed by atoms with Gasteiger partial charge >= 0.3 is 10.3 Å². The van der Waals surface area contributed by atoms with Gasteiger partial charge in [0.05, 0.1) is 16.9 Å². The SMILES string of the molecule is Cc1cc(NC(=O)c2ccc(N(CC3CC3)S(=O)(=O)O)cc2N2CCC3(CC2)CC3)nc(N2CCC(F)(F)CC2)n1. The van der Waals surface area contributed by atoms with Crippen molar-refractivity contribution in [2.24, 2.45) is 11.3 Å². The molecule has 0 atom stereocenters. The molecule has 1 amide bonds. The lowest BCUT2D eigenvalue weighted by Crippen LogP contribution is -2.40. The standard InChI is InChI=1S/C28H36F2N6O4S/c1-19-16-24(33-26(31-19)35-14-10-28(29,30)11-15-35)32-25(37)22-5-4-21(36(41(38,39)40)18-20-2-3-20)17-23(22)34-12-8-27(6-7-27)9-13-34/h4-5,16-17,20H,2-3,6-15,18H2,1H3,(H,38,39,40)(H,31,32,33,37). The topological polar surface area (TPSA) is 119 Å². The van der Waals surface area contributed by atoms with Crippen LogP contribution in [-0.4, -0.2) is 67.5 Å². The highest BCUT2D eigenvalue weighted by Gasteiger charge is 2.45. The third-order valence-corrected chi connectivity index (χ3v) is 9.81. The molecule has 6 rings (SSSR count). The van der Waals surface area contributed by atoms with Gasteiger partial charge in [-0.2, -0.15) is 13.4 Å². The molecule has 10 nitrogen and oxygen atoms in total. The highest BCUT2D eigenvalue weighted by atomic mass is 32.2. The molecule has 2 saturated heterocycles. The van der Waals surface area contributed by atoms with Crippen molar-refractivity contribution in [3.63, 3.8) is 0 Å². The zero-order valence-corrected chi connectivity index (χ0v) is 24.0. The van der Waals surface area contributed by atoms with E-state index in [9.17, 15) is 26.5 Å². The molecule has 2 saturated carbocycles. The van der Waals surface area contributed by atoms with Gasteiger partial charge in [0.1, 0.15) is 5.82 Å². The fraction of sp³-hybridized carbons (Fsp3) is 0.607. The van der Waals surface area contributed by atoms with Crippen LogP contribution in [-0.2, 0) is 10.3 Å². The van der Waals surface area contributed by atoms with Gasteiger partial charge in [-0.3, -0.25) is 9.35 Å². The fourth-order valence-corrected chi connectivity index (χ4v) is 6.65. The number of rotatable bonds is 8. The first-order valence-electron chi connectivity index (χ1n) is 14.3. The number of nitrogens with one attached hydrogen (secondary N) is 1. The summed E-state index contributed by atoms with van der Waals surface area (Å²) in [5.41, 5.74) is 2.27. The predicted octanol–water partition coefficient (Wildman–Crippen LogP) is 4.67. The monoisotopic (exact) mass is 590 g/mol. The molecule has 1 spiro atoms. The van der Waals surface area contributed by atoms with Gasteiger partial charge in [-0.25, -0.2) is 18.1 Å². The molecule has 1 aromatic heterocycles. The average Bonchev–Trinajstić information content (AvgIpc) is 3.85. The maximum atomic E-state index is 13.7. The lowest BCUT2D eigenvalue weighted by Gasteiger charge is -2.35. The first-order valence-corrected chi connectivity index (χ1v) is 15.7. The lowest BCUT2D eigenvalue weighted by atomic mass is 9.93. The van der Waals surface area contributed by atoms with E-state index in [4.69, 9.17) is 0 Å². The number of carbonyl (C=O) groups is 1. The highest BCUT2D eigenvalue weighted by Crippen LogP contribution is 2.54. The summed E-state index contributed by atoms with van der Waals surface area (Å²) in [6.07, 6.45) is 5.71. The Kier molecular flexibility index (Phi) is 7.08. The van der Waals surface area contributed by atoms with Crippen molar-refractivity contribution in [1.29, 1.82) is 0 Å². The van der Waals surface area contributed by atoms with Crippen molar-refractivity contribution >= 4 is 39.4 Å². The van der Waals surface area contributed by atoms with Gasteiger partial charge in [0.25, 0.3) is 11.8 Å². The van der Waals surface area contributed by atoms with Gasteiger partial charge in [0.2, 0.25) is 5.95 Å². The van der Waals surface area contributed by atoms with Crippen molar-refractivity contribution in [2.45, 2.75) is 64.2 Å². The summed E-state index contributed by atoms with van der Waals surface area (Å²) >= 11 is 0. The second-order valence-electron chi connectivity index (χ2n) is 12.1. The van der Waals surface area contributed by atoms with Crippen LogP contribution in [0.4, 0.5) is 31.9 Å². The molecule has 2 aliphatic heterocycles. The molecule has 0 radical (unpaired) electrons. The lowest BCUT2D eigenvalue weighted by molar-refractivity contribution is -0.0222. The van der Waals surface area contributed by atoms with E-state index < -0.39 is 22.1 Å². The summed E-state index contributed by atoms with van der Waals surface area (Å²) in [5, 5.41) is 2.85. The molecule has 0 unspecified atom stereocenters. The minimum absolute atomic E-state index is 0.122. The predicted molar refractivity (Wildman–Crippen MR) is 152 cm³/mol. The van der Waals surface area contributed by atoms with Gasteiger partial charge in [-0.05, 0) is 75.0 Å². The first kappa shape index (κ1) is 28.1. The van der Waals surface area contributed by atoms with E-state index in [1.54, 1.807) is 36.1 Å². The largest absolute Gasteiger partial charge is 0.371 e. The van der Waals surface area contributed by atoms with Crippen molar-refractivity contribution < 1.29 is 26.5 Å². The summed E-state index contributed by atoms with van der Waals surface area (Å²) in [7, 11) is -4.49. The number of aryl methyl sites for hydroxylation is 1. The zero-order chi connectivity index (χ0) is 29.0. The third kappa shape index (κ3) is 6.40. The molecule has 0 bridgehead atoms. The molecular weight excluding hydrogens is 554 g/mol. The number of carbonyl (C=O) groups excluding carboxylic acids is 1. The Morgan fingerprint density at radius 3 is 2.29 bits per heavy atom. The third-order valence-electron chi connectivity index (χ3n) is 8.90. The number of aromatic nitrogens is 2. The van der Waals surface area contributed by atoms with Crippen LogP contribution < -0.4 is 19.4 Å². The molecule has 2 aliphatic carbocycles. The molecule has 41 heavy (non-hydrogen) atoms. The van der Waals surface area contributed by atoms with Crippen LogP contribution in [0.3, 0.4) is 0 Å². The van der Waals surface area contributed by atoms with E-state index >= 15 is 0 Å². The molecule has 1 aromatic carbocycles. The number of anilines is 4. The molecule has 13 heteroatoms. The smallest absolute Gasteiger partial charge is 0.359 e. The number of alkyl halides is 2. The number of halogens is 2. The van der Waals surface area contributed by atoms with Crippen molar-refractivity contribution in [3.05, 3.63) is 35.5 Å².